The number of ether oxygens (including phenoxy) is 2. The number of carbonyl (C=O) groups is 1. The summed E-state index contributed by atoms with van der Waals surface area (Å²) in [5.74, 6) is 6.61. The van der Waals surface area contributed by atoms with Crippen molar-refractivity contribution < 1.29 is 14.3 Å². The van der Waals surface area contributed by atoms with Crippen LogP contribution < -0.4 is 15.3 Å². The van der Waals surface area contributed by atoms with Crippen molar-refractivity contribution in [2.75, 3.05) is 22.1 Å². The van der Waals surface area contributed by atoms with E-state index in [1.54, 1.807) is 18.3 Å². The summed E-state index contributed by atoms with van der Waals surface area (Å²) in [5, 5.41) is 3.92. The van der Waals surface area contributed by atoms with Crippen LogP contribution >= 0.6 is 69.2 Å². The number of hydrazone groups is 1. The molecule has 2 aromatic rings. The number of nitrogens with zero attached hydrogens (tertiary/aromatic N) is 2. The smallest absolute Gasteiger partial charge is 0.255 e. The van der Waals surface area contributed by atoms with E-state index in [2.05, 4.69) is 64.1 Å². The van der Waals surface area contributed by atoms with Gasteiger partial charge in [-0.2, -0.15) is 5.10 Å². The molecule has 10 heteroatoms. The third-order valence-electron chi connectivity index (χ3n) is 5.23. The van der Waals surface area contributed by atoms with Gasteiger partial charge in [0.2, 0.25) is 0 Å². The van der Waals surface area contributed by atoms with E-state index in [-0.39, 0.29) is 30.4 Å². The molecule has 2 atom stereocenters. The number of alkyl halides is 2. The first-order chi connectivity index (χ1) is 16.4. The van der Waals surface area contributed by atoms with Crippen molar-refractivity contribution in [3.63, 3.8) is 0 Å². The van der Waals surface area contributed by atoms with Crippen LogP contribution in [0.25, 0.3) is 0 Å². The zero-order valence-corrected chi connectivity index (χ0v) is 25.8. The fourth-order valence-electron chi connectivity index (χ4n) is 3.38. The lowest BCUT2D eigenvalue weighted by molar-refractivity contribution is 0.0656. The number of benzene rings is 2. The summed E-state index contributed by atoms with van der Waals surface area (Å²) in [5.41, 5.74) is 1.45. The van der Waals surface area contributed by atoms with Crippen molar-refractivity contribution in [3.05, 3.63) is 58.6 Å². The van der Waals surface area contributed by atoms with Crippen molar-refractivity contribution >= 4 is 81.3 Å². The third kappa shape index (κ3) is 10.5. The van der Waals surface area contributed by atoms with Gasteiger partial charge in [-0.05, 0) is 81.1 Å². The van der Waals surface area contributed by atoms with Crippen LogP contribution in [-0.2, 0) is 0 Å². The molecule has 0 aromatic heterocycles. The molecule has 1 amide bonds. The highest BCUT2D eigenvalue weighted by atomic mass is 127. The number of carbonyl (C=O) groups excluding carboxylic acids is 1. The Bertz CT molecular complexity index is 923. The van der Waals surface area contributed by atoms with Gasteiger partial charge in [0.15, 0.2) is 0 Å². The van der Waals surface area contributed by atoms with E-state index in [0.29, 0.717) is 29.5 Å². The topological polar surface area (TPSA) is 77.2 Å². The number of hydrogen-bond donors (Lipinski definition) is 1. The fourth-order valence-corrected chi connectivity index (χ4v) is 4.48. The van der Waals surface area contributed by atoms with Gasteiger partial charge in [0.25, 0.3) is 5.91 Å². The largest absolute Gasteiger partial charge is 0.494 e. The van der Waals surface area contributed by atoms with Crippen molar-refractivity contribution in [3.8, 4) is 11.5 Å². The van der Waals surface area contributed by atoms with Crippen LogP contribution in [0.5, 0.6) is 11.5 Å². The maximum Gasteiger partial charge on any atom is 0.255 e. The highest BCUT2D eigenvalue weighted by Gasteiger charge is 2.27. The minimum absolute atomic E-state index is 0. The summed E-state index contributed by atoms with van der Waals surface area (Å²) in [6.45, 7) is 5.37. The summed E-state index contributed by atoms with van der Waals surface area (Å²) in [6, 6.07) is 13.2. The molecule has 0 aliphatic carbocycles. The van der Waals surface area contributed by atoms with Crippen LogP contribution in [0.2, 0.25) is 5.02 Å². The lowest BCUT2D eigenvalue weighted by Crippen LogP contribution is -2.46. The van der Waals surface area contributed by atoms with Crippen LogP contribution in [0, 0.1) is 0 Å². The highest BCUT2D eigenvalue weighted by molar-refractivity contribution is 14.1. The van der Waals surface area contributed by atoms with E-state index in [4.69, 9.17) is 26.9 Å². The normalized spacial score (nSPS) is 12.6. The van der Waals surface area contributed by atoms with Crippen molar-refractivity contribution in [1.29, 1.82) is 0 Å². The molecule has 0 aliphatic rings. The van der Waals surface area contributed by atoms with Gasteiger partial charge in [0.1, 0.15) is 11.5 Å². The standard InChI is InChI=1S/C25H32ClI2N3O3.ClH/c1-18(15-27)31(19(2)16-28)25(32)23-11-10-22(14-24(23)26)34-13-5-3-4-12-33-21-8-6-20(7-9-21)17-30-29;/h6-11,14,17-19H,3-5,12-13,15-16,29H2,1-2H3;1H. The summed E-state index contributed by atoms with van der Waals surface area (Å²) in [6.07, 6.45) is 4.42. The Balaban J connectivity index is 0.00000612. The summed E-state index contributed by atoms with van der Waals surface area (Å²) in [4.78, 5) is 15.1. The maximum absolute atomic E-state index is 13.2. The Kier molecular flexibility index (Phi) is 16.0. The second-order valence-electron chi connectivity index (χ2n) is 7.97. The molecule has 0 fully saturated rings. The van der Waals surface area contributed by atoms with Gasteiger partial charge >= 0.3 is 0 Å². The van der Waals surface area contributed by atoms with Gasteiger partial charge in [0, 0.05) is 20.9 Å². The molecule has 0 saturated heterocycles. The Morgan fingerprint density at radius 2 is 1.54 bits per heavy atom. The minimum atomic E-state index is -0.0352. The molecule has 0 bridgehead atoms. The van der Waals surface area contributed by atoms with Crippen LogP contribution in [0.15, 0.2) is 47.6 Å². The van der Waals surface area contributed by atoms with Gasteiger partial charge in [-0.15, -0.1) is 12.4 Å². The zero-order chi connectivity index (χ0) is 24.9. The number of amides is 1. The average Bonchev–Trinajstić information content (AvgIpc) is 2.84. The number of nitrogens with two attached hydrogens (primary N) is 1. The molecular formula is C25H33Cl2I2N3O3. The first-order valence-corrected chi connectivity index (χ1v) is 14.7. The molecule has 6 nitrogen and oxygen atoms in total. The molecule has 0 saturated carbocycles. The Morgan fingerprint density at radius 1 is 1.00 bits per heavy atom. The van der Waals surface area contributed by atoms with Crippen LogP contribution in [0.3, 0.4) is 0 Å². The van der Waals surface area contributed by atoms with Gasteiger partial charge < -0.3 is 20.2 Å². The summed E-state index contributed by atoms with van der Waals surface area (Å²) < 4.78 is 13.3. The lowest BCUT2D eigenvalue weighted by atomic mass is 10.1. The van der Waals surface area contributed by atoms with E-state index >= 15 is 0 Å². The first-order valence-electron chi connectivity index (χ1n) is 11.2. The Labute approximate surface area is 247 Å². The predicted octanol–water partition coefficient (Wildman–Crippen LogP) is 6.77. The molecule has 0 aliphatic heterocycles. The number of halogens is 4. The maximum atomic E-state index is 13.2. The molecule has 0 heterocycles. The van der Waals surface area contributed by atoms with Crippen molar-refractivity contribution in [2.45, 2.75) is 45.2 Å². The summed E-state index contributed by atoms with van der Waals surface area (Å²) >= 11 is 11.1. The minimum Gasteiger partial charge on any atom is -0.494 e. The van der Waals surface area contributed by atoms with Gasteiger partial charge in [-0.3, -0.25) is 4.79 Å². The SMILES string of the molecule is CC(CI)N(C(=O)c1ccc(OCCCCCOc2ccc(C=NN)cc2)cc1Cl)C(C)CI.Cl. The molecule has 0 radical (unpaired) electrons. The molecule has 0 spiro atoms. The molecular weight excluding hydrogens is 715 g/mol. The third-order valence-corrected chi connectivity index (χ3v) is 8.09. The Morgan fingerprint density at radius 3 is 2.06 bits per heavy atom. The number of unbranched alkanes of at least 4 members (excludes halogenated alkanes) is 2. The average molecular weight is 748 g/mol. The highest BCUT2D eigenvalue weighted by Crippen LogP contribution is 2.26. The van der Waals surface area contributed by atoms with E-state index in [9.17, 15) is 4.79 Å². The Hall–Kier alpha value is -0.980. The van der Waals surface area contributed by atoms with Crippen molar-refractivity contribution in [1.82, 2.24) is 4.90 Å². The zero-order valence-electron chi connectivity index (χ0n) is 20.0. The number of rotatable bonds is 14. The molecule has 194 valence electrons. The second-order valence-corrected chi connectivity index (χ2v) is 10.1. The van der Waals surface area contributed by atoms with E-state index in [0.717, 1.165) is 39.4 Å². The fraction of sp³-hybridized carbons (Fsp3) is 0.440. The lowest BCUT2D eigenvalue weighted by Gasteiger charge is -2.33. The molecule has 2 unspecified atom stereocenters. The molecule has 2 aromatic carbocycles. The molecule has 35 heavy (non-hydrogen) atoms. The quantitative estimate of drug-likeness (QED) is 0.0579. The molecule has 2 N–H and O–H groups in total. The monoisotopic (exact) mass is 747 g/mol. The molecule has 2 rings (SSSR count). The van der Waals surface area contributed by atoms with Crippen LogP contribution in [0.4, 0.5) is 0 Å². The van der Waals surface area contributed by atoms with Crippen LogP contribution in [-0.4, -0.2) is 51.2 Å². The van der Waals surface area contributed by atoms with Crippen LogP contribution in [0.1, 0.15) is 49.0 Å². The van der Waals surface area contributed by atoms with Gasteiger partial charge in [-0.1, -0.05) is 56.8 Å². The first kappa shape index (κ1) is 32.0. The van der Waals surface area contributed by atoms with E-state index in [1.807, 2.05) is 35.2 Å². The predicted molar refractivity (Wildman–Crippen MR) is 165 cm³/mol. The van der Waals surface area contributed by atoms with Gasteiger partial charge in [0.05, 0.1) is 30.0 Å². The summed E-state index contributed by atoms with van der Waals surface area (Å²) in [7, 11) is 0. The van der Waals surface area contributed by atoms with E-state index in [1.165, 1.54) is 0 Å². The van der Waals surface area contributed by atoms with Crippen molar-refractivity contribution in [2.24, 2.45) is 10.9 Å². The number of hydrogen-bond acceptors (Lipinski definition) is 5. The second kappa shape index (κ2) is 17.5. The van der Waals surface area contributed by atoms with E-state index < -0.39 is 0 Å². The van der Waals surface area contributed by atoms with Gasteiger partial charge in [-0.25, -0.2) is 0 Å².